The molecular weight excluding hydrogens is 214 g/mol. The highest BCUT2D eigenvalue weighted by Crippen LogP contribution is 2.31. The van der Waals surface area contributed by atoms with E-state index in [1.54, 1.807) is 4.90 Å². The van der Waals surface area contributed by atoms with Crippen LogP contribution in [0, 0.1) is 5.92 Å². The number of carbonyl (C=O) groups excluding carboxylic acids is 1. The van der Waals surface area contributed by atoms with Crippen molar-refractivity contribution in [3.63, 3.8) is 0 Å². The van der Waals surface area contributed by atoms with Crippen molar-refractivity contribution in [2.75, 3.05) is 39.8 Å². The van der Waals surface area contributed by atoms with Crippen LogP contribution >= 0.6 is 0 Å². The minimum absolute atomic E-state index is 0.189. The summed E-state index contributed by atoms with van der Waals surface area (Å²) in [5.74, 6) is 0.908. The Morgan fingerprint density at radius 2 is 1.82 bits per heavy atom. The molecule has 1 aliphatic carbocycles. The maximum absolute atomic E-state index is 12.0. The Labute approximate surface area is 105 Å². The molecule has 2 fully saturated rings. The van der Waals surface area contributed by atoms with Crippen molar-refractivity contribution < 1.29 is 4.79 Å². The maximum Gasteiger partial charge on any atom is 0.319 e. The first kappa shape index (κ1) is 12.7. The van der Waals surface area contributed by atoms with E-state index in [0.717, 1.165) is 44.7 Å². The molecule has 17 heavy (non-hydrogen) atoms. The number of amides is 2. The third-order valence-electron chi connectivity index (χ3n) is 4.25. The fraction of sp³-hybridized carbons (Fsp3) is 0.923. The summed E-state index contributed by atoms with van der Waals surface area (Å²) in [5.41, 5.74) is 0. The summed E-state index contributed by atoms with van der Waals surface area (Å²) < 4.78 is 0. The second-order valence-corrected chi connectivity index (χ2v) is 5.55. The van der Waals surface area contributed by atoms with Crippen molar-refractivity contribution in [3.8, 4) is 0 Å². The van der Waals surface area contributed by atoms with E-state index >= 15 is 0 Å². The van der Waals surface area contributed by atoms with Gasteiger partial charge in [-0.2, -0.15) is 0 Å². The summed E-state index contributed by atoms with van der Waals surface area (Å²) >= 11 is 0. The van der Waals surface area contributed by atoms with Crippen LogP contribution < -0.4 is 0 Å². The smallest absolute Gasteiger partial charge is 0.319 e. The van der Waals surface area contributed by atoms with E-state index in [1.165, 1.54) is 12.8 Å². The van der Waals surface area contributed by atoms with E-state index in [9.17, 15) is 4.79 Å². The average Bonchev–Trinajstić information content (AvgIpc) is 2.33. The number of piperazine rings is 1. The third-order valence-corrected chi connectivity index (χ3v) is 4.25. The van der Waals surface area contributed by atoms with Gasteiger partial charge in [-0.15, -0.1) is 0 Å². The lowest BCUT2D eigenvalue weighted by atomic mass is 9.80. The average molecular weight is 239 g/mol. The van der Waals surface area contributed by atoms with Gasteiger partial charge in [0.1, 0.15) is 0 Å². The summed E-state index contributed by atoms with van der Waals surface area (Å²) in [5, 5.41) is 0. The molecule has 0 N–H and O–H groups in total. The molecule has 0 aromatic carbocycles. The molecule has 98 valence electrons. The quantitative estimate of drug-likeness (QED) is 0.729. The molecular formula is C13H25N3O. The highest BCUT2D eigenvalue weighted by atomic mass is 16.2. The molecule has 1 saturated carbocycles. The second kappa shape index (κ2) is 5.25. The highest BCUT2D eigenvalue weighted by Gasteiger charge is 2.33. The first-order valence-corrected chi connectivity index (χ1v) is 6.86. The Balaban J connectivity index is 1.76. The van der Waals surface area contributed by atoms with Gasteiger partial charge in [-0.1, -0.05) is 6.92 Å². The van der Waals surface area contributed by atoms with Crippen LogP contribution in [0.2, 0.25) is 0 Å². The van der Waals surface area contributed by atoms with Crippen molar-refractivity contribution >= 4 is 6.03 Å². The van der Waals surface area contributed by atoms with Crippen LogP contribution in [0.1, 0.15) is 26.7 Å². The van der Waals surface area contributed by atoms with Gasteiger partial charge in [0.25, 0.3) is 0 Å². The first-order chi connectivity index (χ1) is 8.11. The number of hydrogen-bond donors (Lipinski definition) is 0. The SMILES string of the molecule is CCN(C)C(=O)N1CCN(C2CC(C)C2)CC1. The first-order valence-electron chi connectivity index (χ1n) is 6.86. The van der Waals surface area contributed by atoms with E-state index in [-0.39, 0.29) is 6.03 Å². The standard InChI is InChI=1S/C13H25N3O/c1-4-14(3)13(17)16-7-5-15(6-8-16)12-9-11(2)10-12/h11-12H,4-10H2,1-3H3. The zero-order chi connectivity index (χ0) is 12.4. The molecule has 0 radical (unpaired) electrons. The fourth-order valence-electron chi connectivity index (χ4n) is 2.81. The molecule has 0 atom stereocenters. The van der Waals surface area contributed by atoms with E-state index in [4.69, 9.17) is 0 Å². The van der Waals surface area contributed by atoms with E-state index in [0.29, 0.717) is 0 Å². The predicted octanol–water partition coefficient (Wildman–Crippen LogP) is 1.47. The van der Waals surface area contributed by atoms with Crippen molar-refractivity contribution in [1.82, 2.24) is 14.7 Å². The topological polar surface area (TPSA) is 26.8 Å². The maximum atomic E-state index is 12.0. The Hall–Kier alpha value is -0.770. The molecule has 0 spiro atoms. The van der Waals surface area contributed by atoms with Gasteiger partial charge in [0.05, 0.1) is 0 Å². The summed E-state index contributed by atoms with van der Waals surface area (Å²) in [4.78, 5) is 18.3. The summed E-state index contributed by atoms with van der Waals surface area (Å²) in [6, 6.07) is 0.986. The van der Waals surface area contributed by atoms with Gasteiger partial charge in [0.2, 0.25) is 0 Å². The van der Waals surface area contributed by atoms with Gasteiger partial charge in [-0.05, 0) is 25.7 Å². The predicted molar refractivity (Wildman–Crippen MR) is 69.0 cm³/mol. The van der Waals surface area contributed by atoms with Crippen molar-refractivity contribution in [1.29, 1.82) is 0 Å². The van der Waals surface area contributed by atoms with Crippen molar-refractivity contribution in [2.45, 2.75) is 32.7 Å². The van der Waals surface area contributed by atoms with Crippen LogP contribution in [-0.4, -0.2) is 66.5 Å². The van der Waals surface area contributed by atoms with Crippen molar-refractivity contribution in [3.05, 3.63) is 0 Å². The van der Waals surface area contributed by atoms with E-state index in [2.05, 4.69) is 11.8 Å². The molecule has 2 amide bonds. The Morgan fingerprint density at radius 3 is 2.29 bits per heavy atom. The van der Waals surface area contributed by atoms with Crippen LogP contribution in [0.25, 0.3) is 0 Å². The molecule has 4 heteroatoms. The van der Waals surface area contributed by atoms with E-state index < -0.39 is 0 Å². The zero-order valence-corrected chi connectivity index (χ0v) is 11.4. The van der Waals surface area contributed by atoms with Gasteiger partial charge < -0.3 is 9.80 Å². The molecule has 0 aromatic heterocycles. The minimum atomic E-state index is 0.189. The second-order valence-electron chi connectivity index (χ2n) is 5.55. The zero-order valence-electron chi connectivity index (χ0n) is 11.4. The summed E-state index contributed by atoms with van der Waals surface area (Å²) in [6.07, 6.45) is 2.70. The number of urea groups is 1. The Bertz CT molecular complexity index is 268. The third kappa shape index (κ3) is 2.73. The van der Waals surface area contributed by atoms with Crippen LogP contribution in [-0.2, 0) is 0 Å². The van der Waals surface area contributed by atoms with Crippen LogP contribution in [0.5, 0.6) is 0 Å². The fourth-order valence-corrected chi connectivity index (χ4v) is 2.81. The molecule has 1 heterocycles. The number of hydrogen-bond acceptors (Lipinski definition) is 2. The summed E-state index contributed by atoms with van der Waals surface area (Å²) in [6.45, 7) is 9.04. The van der Waals surface area contributed by atoms with Crippen LogP contribution in [0.3, 0.4) is 0 Å². The molecule has 0 aromatic rings. The van der Waals surface area contributed by atoms with Crippen LogP contribution in [0.4, 0.5) is 4.79 Å². The monoisotopic (exact) mass is 239 g/mol. The van der Waals surface area contributed by atoms with E-state index in [1.807, 2.05) is 18.9 Å². The molecule has 0 unspecified atom stereocenters. The van der Waals surface area contributed by atoms with Gasteiger partial charge in [0.15, 0.2) is 0 Å². The molecule has 2 aliphatic rings. The van der Waals surface area contributed by atoms with Crippen molar-refractivity contribution in [2.24, 2.45) is 5.92 Å². The minimum Gasteiger partial charge on any atom is -0.328 e. The Morgan fingerprint density at radius 1 is 1.24 bits per heavy atom. The molecule has 4 nitrogen and oxygen atoms in total. The number of carbonyl (C=O) groups is 1. The lowest BCUT2D eigenvalue weighted by Gasteiger charge is -2.46. The lowest BCUT2D eigenvalue weighted by Crippen LogP contribution is -2.56. The van der Waals surface area contributed by atoms with Crippen LogP contribution in [0.15, 0.2) is 0 Å². The number of rotatable bonds is 2. The largest absolute Gasteiger partial charge is 0.328 e. The van der Waals surface area contributed by atoms with Gasteiger partial charge in [-0.25, -0.2) is 4.79 Å². The molecule has 1 saturated heterocycles. The van der Waals surface area contributed by atoms with Gasteiger partial charge >= 0.3 is 6.03 Å². The molecule has 0 bridgehead atoms. The lowest BCUT2D eigenvalue weighted by molar-refractivity contribution is 0.0432. The van der Waals surface area contributed by atoms with Gasteiger partial charge in [0, 0.05) is 45.8 Å². The molecule has 2 rings (SSSR count). The normalized spacial score (nSPS) is 29.9. The highest BCUT2D eigenvalue weighted by molar-refractivity contribution is 5.74. The van der Waals surface area contributed by atoms with Gasteiger partial charge in [-0.3, -0.25) is 4.90 Å². The number of nitrogens with zero attached hydrogens (tertiary/aromatic N) is 3. The summed E-state index contributed by atoms with van der Waals surface area (Å²) in [7, 11) is 1.88. The molecule has 1 aliphatic heterocycles. The Kier molecular flexibility index (Phi) is 3.92.